The quantitative estimate of drug-likeness (QED) is 0.419. The van der Waals surface area contributed by atoms with Gasteiger partial charge in [-0.05, 0) is 13.0 Å². The summed E-state index contributed by atoms with van der Waals surface area (Å²) in [5.41, 5.74) is 0.366. The Labute approximate surface area is 160 Å². The number of aryl methyl sites for hydroxylation is 1. The molecule has 2 rings (SSSR count). The number of aromatic nitrogens is 3. The van der Waals surface area contributed by atoms with E-state index >= 15 is 0 Å². The van der Waals surface area contributed by atoms with Crippen LogP contribution in [-0.2, 0) is 16.1 Å². The van der Waals surface area contributed by atoms with Gasteiger partial charge in [0.25, 0.3) is 0 Å². The molecular formula is C17H22N4O3S2. The lowest BCUT2D eigenvalue weighted by molar-refractivity contribution is -0.113. The van der Waals surface area contributed by atoms with Crippen LogP contribution in [0.15, 0.2) is 23.9 Å². The zero-order valence-electron chi connectivity index (χ0n) is 15.2. The zero-order valence-corrected chi connectivity index (χ0v) is 16.9. The second-order valence-electron chi connectivity index (χ2n) is 5.82. The molecule has 2 aromatic heterocycles. The van der Waals surface area contributed by atoms with E-state index in [9.17, 15) is 9.59 Å². The van der Waals surface area contributed by atoms with Crippen LogP contribution in [0.1, 0.15) is 40.8 Å². The lowest BCUT2D eigenvalue weighted by Gasteiger charge is -2.09. The Balaban J connectivity index is 2.06. The van der Waals surface area contributed by atoms with Crippen LogP contribution in [0, 0.1) is 6.92 Å². The first-order valence-electron chi connectivity index (χ1n) is 8.02. The second-order valence-corrected chi connectivity index (χ2v) is 8.02. The highest BCUT2D eigenvalue weighted by atomic mass is 32.2. The van der Waals surface area contributed by atoms with Gasteiger partial charge in [-0.3, -0.25) is 4.79 Å². The largest absolute Gasteiger partial charge is 0.465 e. The molecule has 2 aromatic rings. The molecule has 0 saturated heterocycles. The number of hydrogen-bond donors (Lipinski definition) is 1. The van der Waals surface area contributed by atoms with Crippen molar-refractivity contribution in [3.8, 4) is 0 Å². The molecular weight excluding hydrogens is 372 g/mol. The predicted octanol–water partition coefficient (Wildman–Crippen LogP) is 3.47. The number of ether oxygens (including phenoxy) is 1. The van der Waals surface area contributed by atoms with Gasteiger partial charge in [-0.1, -0.05) is 31.7 Å². The van der Waals surface area contributed by atoms with Crippen LogP contribution in [0.5, 0.6) is 0 Å². The summed E-state index contributed by atoms with van der Waals surface area (Å²) in [7, 11) is 1.32. The van der Waals surface area contributed by atoms with E-state index in [1.807, 2.05) is 25.3 Å². The topological polar surface area (TPSA) is 86.1 Å². The second kappa shape index (κ2) is 9.00. The Morgan fingerprint density at radius 2 is 2.19 bits per heavy atom. The highest BCUT2D eigenvalue weighted by molar-refractivity contribution is 7.99. The molecule has 0 bridgehead atoms. The average molecular weight is 395 g/mol. The molecule has 0 fully saturated rings. The SMILES string of the molecule is C=CCn1c(SCC(=O)Nc2sc(C)cc2C(=O)OC)nnc1C(C)C. The zero-order chi connectivity index (χ0) is 19.3. The van der Waals surface area contributed by atoms with Gasteiger partial charge in [-0.2, -0.15) is 0 Å². The summed E-state index contributed by atoms with van der Waals surface area (Å²) >= 11 is 2.64. The number of anilines is 1. The van der Waals surface area contributed by atoms with Crippen LogP contribution >= 0.6 is 23.1 Å². The van der Waals surface area contributed by atoms with Crippen molar-refractivity contribution in [1.82, 2.24) is 14.8 Å². The number of rotatable bonds is 8. The molecule has 7 nitrogen and oxygen atoms in total. The van der Waals surface area contributed by atoms with Crippen molar-refractivity contribution in [1.29, 1.82) is 0 Å². The number of amides is 1. The van der Waals surface area contributed by atoms with E-state index in [2.05, 4.69) is 22.1 Å². The van der Waals surface area contributed by atoms with Crippen molar-refractivity contribution in [3.63, 3.8) is 0 Å². The maximum absolute atomic E-state index is 12.3. The third kappa shape index (κ3) is 4.73. The van der Waals surface area contributed by atoms with Gasteiger partial charge in [-0.25, -0.2) is 4.79 Å². The lowest BCUT2D eigenvalue weighted by atomic mass is 10.2. The Morgan fingerprint density at radius 3 is 2.81 bits per heavy atom. The van der Waals surface area contributed by atoms with Crippen molar-refractivity contribution in [2.75, 3.05) is 18.2 Å². The van der Waals surface area contributed by atoms with E-state index < -0.39 is 5.97 Å². The number of carbonyl (C=O) groups excluding carboxylic acids is 2. The van der Waals surface area contributed by atoms with Gasteiger partial charge in [0.15, 0.2) is 5.16 Å². The van der Waals surface area contributed by atoms with Crippen LogP contribution in [-0.4, -0.2) is 39.5 Å². The lowest BCUT2D eigenvalue weighted by Crippen LogP contribution is -2.16. The smallest absolute Gasteiger partial charge is 0.340 e. The van der Waals surface area contributed by atoms with Crippen LogP contribution in [0.2, 0.25) is 0 Å². The molecule has 9 heteroatoms. The molecule has 26 heavy (non-hydrogen) atoms. The van der Waals surface area contributed by atoms with Gasteiger partial charge in [0.05, 0.1) is 18.4 Å². The molecule has 0 aromatic carbocycles. The monoisotopic (exact) mass is 394 g/mol. The fourth-order valence-corrected chi connectivity index (χ4v) is 3.97. The third-order valence-electron chi connectivity index (χ3n) is 3.42. The molecule has 140 valence electrons. The normalized spacial score (nSPS) is 10.8. The number of methoxy groups -OCH3 is 1. The predicted molar refractivity (Wildman–Crippen MR) is 104 cm³/mol. The van der Waals surface area contributed by atoms with E-state index in [4.69, 9.17) is 4.74 Å². The van der Waals surface area contributed by atoms with Crippen molar-refractivity contribution >= 4 is 40.0 Å². The Hall–Kier alpha value is -2.13. The van der Waals surface area contributed by atoms with Gasteiger partial charge in [0, 0.05) is 17.3 Å². The van der Waals surface area contributed by atoms with E-state index in [1.54, 1.807) is 12.1 Å². The number of nitrogens with zero attached hydrogens (tertiary/aromatic N) is 3. The Bertz CT molecular complexity index is 811. The molecule has 0 aliphatic carbocycles. The molecule has 0 aliphatic rings. The van der Waals surface area contributed by atoms with Gasteiger partial charge < -0.3 is 14.6 Å². The molecule has 0 radical (unpaired) electrons. The van der Waals surface area contributed by atoms with Gasteiger partial charge >= 0.3 is 5.97 Å². The summed E-state index contributed by atoms with van der Waals surface area (Å²) in [6.45, 7) is 10.3. The number of allylic oxidation sites excluding steroid dienone is 1. The minimum Gasteiger partial charge on any atom is -0.465 e. The Kier molecular flexibility index (Phi) is 6.98. The molecule has 1 N–H and O–H groups in total. The summed E-state index contributed by atoms with van der Waals surface area (Å²) < 4.78 is 6.70. The summed E-state index contributed by atoms with van der Waals surface area (Å²) in [5, 5.41) is 12.3. The van der Waals surface area contributed by atoms with E-state index in [0.29, 0.717) is 22.3 Å². The highest BCUT2D eigenvalue weighted by Crippen LogP contribution is 2.29. The summed E-state index contributed by atoms with van der Waals surface area (Å²) in [6.07, 6.45) is 1.77. The van der Waals surface area contributed by atoms with Gasteiger partial charge in [0.2, 0.25) is 5.91 Å². The van der Waals surface area contributed by atoms with Gasteiger partial charge in [-0.15, -0.1) is 28.1 Å². The number of carbonyl (C=O) groups is 2. The van der Waals surface area contributed by atoms with E-state index in [0.717, 1.165) is 10.7 Å². The molecule has 0 atom stereocenters. The number of thioether (sulfide) groups is 1. The van der Waals surface area contributed by atoms with Crippen LogP contribution in [0.25, 0.3) is 0 Å². The maximum atomic E-state index is 12.3. The first-order valence-corrected chi connectivity index (χ1v) is 9.83. The van der Waals surface area contributed by atoms with E-state index in [1.165, 1.54) is 30.2 Å². The summed E-state index contributed by atoms with van der Waals surface area (Å²) in [6, 6.07) is 1.70. The maximum Gasteiger partial charge on any atom is 0.340 e. The van der Waals surface area contributed by atoms with Crippen LogP contribution in [0.3, 0.4) is 0 Å². The number of nitrogens with one attached hydrogen (secondary N) is 1. The molecule has 0 aliphatic heterocycles. The Morgan fingerprint density at radius 1 is 1.46 bits per heavy atom. The molecule has 2 heterocycles. The van der Waals surface area contributed by atoms with Crippen molar-refractivity contribution in [2.45, 2.75) is 38.4 Å². The third-order valence-corrected chi connectivity index (χ3v) is 5.35. The minimum atomic E-state index is -0.468. The van der Waals surface area contributed by atoms with Crippen molar-refractivity contribution in [3.05, 3.63) is 35.0 Å². The summed E-state index contributed by atoms with van der Waals surface area (Å²) in [5.74, 6) is 0.549. The molecule has 1 amide bonds. The van der Waals surface area contributed by atoms with Crippen LogP contribution in [0.4, 0.5) is 5.00 Å². The van der Waals surface area contributed by atoms with Gasteiger partial charge in [0.1, 0.15) is 10.8 Å². The summed E-state index contributed by atoms with van der Waals surface area (Å²) in [4.78, 5) is 25.0. The average Bonchev–Trinajstić information content (AvgIpc) is 3.16. The molecule has 0 spiro atoms. The van der Waals surface area contributed by atoms with Crippen molar-refractivity contribution < 1.29 is 14.3 Å². The first-order chi connectivity index (χ1) is 12.4. The van der Waals surface area contributed by atoms with Crippen LogP contribution < -0.4 is 5.32 Å². The standard InChI is InChI=1S/C17H22N4O3S2/c1-6-7-21-14(10(2)3)19-20-17(21)25-9-13(22)18-15-12(16(23)24-5)8-11(4)26-15/h6,8,10H,1,7,9H2,2-5H3,(H,18,22). The highest BCUT2D eigenvalue weighted by Gasteiger charge is 2.19. The van der Waals surface area contributed by atoms with Crippen molar-refractivity contribution in [2.24, 2.45) is 0 Å². The molecule has 0 unspecified atom stereocenters. The fraction of sp³-hybridized carbons (Fsp3) is 0.412. The number of thiophene rings is 1. The number of hydrogen-bond acceptors (Lipinski definition) is 7. The first kappa shape index (κ1) is 20.2. The molecule has 0 saturated carbocycles. The minimum absolute atomic E-state index is 0.158. The fourth-order valence-electron chi connectivity index (χ4n) is 2.30. The van der Waals surface area contributed by atoms with E-state index in [-0.39, 0.29) is 17.6 Å². The number of esters is 1.